The highest BCUT2D eigenvalue weighted by Gasteiger charge is 2.52. The molecule has 0 aromatic rings. The van der Waals surface area contributed by atoms with Gasteiger partial charge in [-0.05, 0) is 24.9 Å². The van der Waals surface area contributed by atoms with Crippen LogP contribution in [0.3, 0.4) is 0 Å². The summed E-state index contributed by atoms with van der Waals surface area (Å²) in [6, 6.07) is -0.111. The summed E-state index contributed by atoms with van der Waals surface area (Å²) in [6.07, 6.45) is 2.26. The van der Waals surface area contributed by atoms with Gasteiger partial charge in [0.1, 0.15) is 0 Å². The third-order valence-corrected chi connectivity index (χ3v) is 6.20. The minimum atomic E-state index is -0.284. The van der Waals surface area contributed by atoms with E-state index in [4.69, 9.17) is 0 Å². The summed E-state index contributed by atoms with van der Waals surface area (Å²) < 4.78 is 0. The predicted molar refractivity (Wildman–Crippen MR) is 109 cm³/mol. The van der Waals surface area contributed by atoms with E-state index in [0.717, 1.165) is 52.1 Å². The number of nitrogens with zero attached hydrogens (tertiary/aromatic N) is 3. The molecule has 1 spiro atoms. The molecule has 0 aromatic carbocycles. The first kappa shape index (κ1) is 22.2. The lowest BCUT2D eigenvalue weighted by molar-refractivity contribution is -0.137. The van der Waals surface area contributed by atoms with Crippen LogP contribution in [0.1, 0.15) is 60.8 Å². The molecule has 1 atom stereocenters. The molecule has 1 N–H and O–H groups in total. The van der Waals surface area contributed by atoms with Crippen molar-refractivity contribution >= 4 is 11.8 Å². The Morgan fingerprint density at radius 3 is 2.26 bits per heavy atom. The largest absolute Gasteiger partial charge is 0.342 e. The van der Waals surface area contributed by atoms with Crippen LogP contribution in [0, 0.1) is 11.8 Å². The van der Waals surface area contributed by atoms with Gasteiger partial charge in [0.05, 0.1) is 11.7 Å². The minimum absolute atomic E-state index is 0.111. The number of piperidine rings is 1. The molecule has 2 aliphatic heterocycles. The summed E-state index contributed by atoms with van der Waals surface area (Å²) in [4.78, 5) is 32.0. The summed E-state index contributed by atoms with van der Waals surface area (Å²) in [6.45, 7) is 17.9. The van der Waals surface area contributed by atoms with Crippen molar-refractivity contribution in [3.63, 3.8) is 0 Å². The van der Waals surface area contributed by atoms with Crippen LogP contribution in [0.25, 0.3) is 0 Å². The lowest BCUT2D eigenvalue weighted by Crippen LogP contribution is -2.60. The highest BCUT2D eigenvalue weighted by atomic mass is 16.2. The quantitative estimate of drug-likeness (QED) is 0.701. The number of amides is 2. The van der Waals surface area contributed by atoms with Crippen molar-refractivity contribution in [1.82, 2.24) is 20.0 Å². The number of hydrogen-bond donors (Lipinski definition) is 1. The minimum Gasteiger partial charge on any atom is -0.342 e. The molecule has 2 aliphatic rings. The highest BCUT2D eigenvalue weighted by Crippen LogP contribution is 2.34. The molecule has 2 saturated heterocycles. The van der Waals surface area contributed by atoms with Crippen LogP contribution in [0.4, 0.5) is 0 Å². The molecular weight excluding hydrogens is 340 g/mol. The molecule has 2 heterocycles. The Balaban J connectivity index is 2.09. The van der Waals surface area contributed by atoms with Crippen molar-refractivity contribution < 1.29 is 9.59 Å². The zero-order valence-corrected chi connectivity index (χ0v) is 18.3. The van der Waals surface area contributed by atoms with Gasteiger partial charge >= 0.3 is 0 Å². The van der Waals surface area contributed by atoms with Crippen molar-refractivity contribution in [3.8, 4) is 0 Å². The molecule has 1 unspecified atom stereocenters. The molecule has 2 fully saturated rings. The van der Waals surface area contributed by atoms with E-state index in [1.807, 2.05) is 4.90 Å². The van der Waals surface area contributed by atoms with Gasteiger partial charge in [0, 0.05) is 45.4 Å². The molecular formula is C21H40N4O2. The Labute approximate surface area is 165 Å². The SMILES string of the molecule is CCN(CC)CCN1C(=O)C(C(C)C)NC12CCN(C(=O)CC(C)C)CC2. The maximum absolute atomic E-state index is 13.1. The average Bonchev–Trinajstić information content (AvgIpc) is 2.88. The molecule has 0 bridgehead atoms. The molecule has 2 amide bonds. The van der Waals surface area contributed by atoms with Crippen LogP contribution in [0.2, 0.25) is 0 Å². The summed E-state index contributed by atoms with van der Waals surface area (Å²) in [5.74, 6) is 1.14. The molecule has 27 heavy (non-hydrogen) atoms. The van der Waals surface area contributed by atoms with Crippen LogP contribution in [0.5, 0.6) is 0 Å². The van der Waals surface area contributed by atoms with Crippen molar-refractivity contribution in [3.05, 3.63) is 0 Å². The number of likely N-dealkylation sites (tertiary alicyclic amines) is 1. The fourth-order valence-corrected chi connectivity index (χ4v) is 4.38. The molecule has 156 valence electrons. The molecule has 6 nitrogen and oxygen atoms in total. The molecule has 6 heteroatoms. The normalized spacial score (nSPS) is 22.7. The van der Waals surface area contributed by atoms with Crippen LogP contribution < -0.4 is 5.32 Å². The van der Waals surface area contributed by atoms with Crippen LogP contribution in [-0.2, 0) is 9.59 Å². The van der Waals surface area contributed by atoms with E-state index in [9.17, 15) is 9.59 Å². The van der Waals surface area contributed by atoms with E-state index in [0.29, 0.717) is 12.3 Å². The summed E-state index contributed by atoms with van der Waals surface area (Å²) in [5, 5.41) is 3.69. The van der Waals surface area contributed by atoms with Crippen molar-refractivity contribution in [2.75, 3.05) is 39.3 Å². The summed E-state index contributed by atoms with van der Waals surface area (Å²) in [7, 11) is 0. The van der Waals surface area contributed by atoms with Gasteiger partial charge in [-0.15, -0.1) is 0 Å². The predicted octanol–water partition coefficient (Wildman–Crippen LogP) is 2.15. The van der Waals surface area contributed by atoms with E-state index >= 15 is 0 Å². The van der Waals surface area contributed by atoms with E-state index < -0.39 is 0 Å². The maximum Gasteiger partial charge on any atom is 0.241 e. The second kappa shape index (κ2) is 9.37. The first-order chi connectivity index (χ1) is 12.7. The maximum atomic E-state index is 13.1. The van der Waals surface area contributed by atoms with Gasteiger partial charge in [-0.2, -0.15) is 0 Å². The number of nitrogens with one attached hydrogen (secondary N) is 1. The van der Waals surface area contributed by atoms with Crippen molar-refractivity contribution in [1.29, 1.82) is 0 Å². The molecule has 0 radical (unpaired) electrons. The van der Waals surface area contributed by atoms with Crippen molar-refractivity contribution in [2.45, 2.75) is 72.5 Å². The number of likely N-dealkylation sites (N-methyl/N-ethyl adjacent to an activating group) is 1. The molecule has 0 aliphatic carbocycles. The third kappa shape index (κ3) is 5.02. The standard InChI is InChI=1S/C21H40N4O2/c1-7-23(8-2)13-14-25-20(27)19(17(5)6)22-21(25)9-11-24(12-10-21)18(26)15-16(3)4/h16-17,19,22H,7-15H2,1-6H3. The van der Waals surface area contributed by atoms with E-state index in [1.165, 1.54) is 0 Å². The van der Waals surface area contributed by atoms with Crippen LogP contribution in [0.15, 0.2) is 0 Å². The topological polar surface area (TPSA) is 55.9 Å². The van der Waals surface area contributed by atoms with Crippen LogP contribution >= 0.6 is 0 Å². The van der Waals surface area contributed by atoms with Gasteiger partial charge in [-0.25, -0.2) is 0 Å². The lowest BCUT2D eigenvalue weighted by Gasteiger charge is -2.45. The Morgan fingerprint density at radius 1 is 1.19 bits per heavy atom. The Bertz CT molecular complexity index is 508. The lowest BCUT2D eigenvalue weighted by atomic mass is 9.94. The molecule has 2 rings (SSSR count). The first-order valence-corrected chi connectivity index (χ1v) is 10.8. The Hall–Kier alpha value is -1.14. The Kier molecular flexibility index (Phi) is 7.69. The number of carbonyl (C=O) groups excluding carboxylic acids is 2. The van der Waals surface area contributed by atoms with Crippen LogP contribution in [-0.4, -0.2) is 77.5 Å². The van der Waals surface area contributed by atoms with Crippen molar-refractivity contribution in [2.24, 2.45) is 11.8 Å². The fraction of sp³-hybridized carbons (Fsp3) is 0.905. The van der Waals surface area contributed by atoms with Gasteiger partial charge in [-0.1, -0.05) is 41.5 Å². The molecule has 0 aromatic heterocycles. The van der Waals surface area contributed by atoms with E-state index in [1.54, 1.807) is 0 Å². The summed E-state index contributed by atoms with van der Waals surface area (Å²) >= 11 is 0. The molecule has 0 saturated carbocycles. The Morgan fingerprint density at radius 2 is 1.78 bits per heavy atom. The van der Waals surface area contributed by atoms with Gasteiger partial charge < -0.3 is 14.7 Å². The summed E-state index contributed by atoms with van der Waals surface area (Å²) in [5.41, 5.74) is -0.284. The highest BCUT2D eigenvalue weighted by molar-refractivity contribution is 5.85. The van der Waals surface area contributed by atoms with E-state index in [-0.39, 0.29) is 29.4 Å². The fourth-order valence-electron chi connectivity index (χ4n) is 4.38. The second-order valence-corrected chi connectivity index (χ2v) is 8.89. The van der Waals surface area contributed by atoms with Gasteiger partial charge in [0.2, 0.25) is 11.8 Å². The monoisotopic (exact) mass is 380 g/mol. The van der Waals surface area contributed by atoms with Gasteiger partial charge in [-0.3, -0.25) is 14.9 Å². The van der Waals surface area contributed by atoms with E-state index in [2.05, 4.69) is 56.7 Å². The zero-order valence-electron chi connectivity index (χ0n) is 18.3. The third-order valence-electron chi connectivity index (χ3n) is 6.20. The smallest absolute Gasteiger partial charge is 0.241 e. The first-order valence-electron chi connectivity index (χ1n) is 10.8. The number of hydrogen-bond acceptors (Lipinski definition) is 4. The van der Waals surface area contributed by atoms with Gasteiger partial charge in [0.15, 0.2) is 0 Å². The second-order valence-electron chi connectivity index (χ2n) is 8.89. The van der Waals surface area contributed by atoms with Gasteiger partial charge in [0.25, 0.3) is 0 Å². The average molecular weight is 381 g/mol. The zero-order chi connectivity index (χ0) is 20.2. The number of rotatable bonds is 8. The number of carbonyl (C=O) groups is 2.